The van der Waals surface area contributed by atoms with E-state index in [1.807, 2.05) is 13.8 Å². The van der Waals surface area contributed by atoms with E-state index in [-0.39, 0.29) is 37.1 Å². The monoisotopic (exact) mass is 526 g/mol. The molecule has 2 N–H and O–H groups in total. The third-order valence-corrected chi connectivity index (χ3v) is 5.82. The number of halogens is 2. The lowest BCUT2D eigenvalue weighted by molar-refractivity contribution is -0.120. The van der Waals surface area contributed by atoms with Gasteiger partial charge in [-0.05, 0) is 54.1 Å². The maximum atomic E-state index is 12.9. The average molecular weight is 526 g/mol. The van der Waals surface area contributed by atoms with E-state index in [1.54, 1.807) is 16.8 Å². The topological polar surface area (TPSA) is 115 Å². The number of amides is 2. The Morgan fingerprint density at radius 1 is 1.17 bits per heavy atom. The molecule has 0 saturated heterocycles. The molecular weight excluding hydrogens is 506 g/mol. The predicted molar refractivity (Wildman–Crippen MR) is 113 cm³/mol. The van der Waals surface area contributed by atoms with E-state index in [9.17, 15) is 14.0 Å². The summed E-state index contributed by atoms with van der Waals surface area (Å²) in [5, 5.41) is 13.5. The first-order valence-corrected chi connectivity index (χ1v) is 10.2. The highest BCUT2D eigenvalue weighted by Crippen LogP contribution is 2.16. The molecule has 11 heteroatoms. The van der Waals surface area contributed by atoms with Gasteiger partial charge in [0, 0.05) is 18.8 Å². The zero-order valence-electron chi connectivity index (χ0n) is 16.4. The minimum Gasteiger partial charge on any atom is -0.354 e. The first-order valence-electron chi connectivity index (χ1n) is 9.15. The molecule has 0 spiro atoms. The Balaban J connectivity index is 1.42. The van der Waals surface area contributed by atoms with Crippen LogP contribution in [0.15, 0.2) is 28.8 Å². The molecule has 0 atom stereocenters. The molecule has 2 heterocycles. The molecule has 30 heavy (non-hydrogen) atoms. The second kappa shape index (κ2) is 9.78. The molecule has 0 fully saturated rings. The number of hydrogen-bond acceptors (Lipinski definition) is 6. The molecular formula is C19H20FIN6O3. The summed E-state index contributed by atoms with van der Waals surface area (Å²) < 4.78 is 20.7. The van der Waals surface area contributed by atoms with Crippen molar-refractivity contribution in [2.45, 2.75) is 26.8 Å². The number of carbonyl (C=O) groups excluding carboxylic acids is 2. The van der Waals surface area contributed by atoms with Crippen LogP contribution in [-0.4, -0.2) is 44.8 Å². The number of benzene rings is 1. The lowest BCUT2D eigenvalue weighted by Gasteiger charge is -2.06. The van der Waals surface area contributed by atoms with Crippen molar-refractivity contribution in [1.29, 1.82) is 0 Å². The molecule has 0 radical (unpaired) electrons. The van der Waals surface area contributed by atoms with Crippen LogP contribution in [0.5, 0.6) is 0 Å². The smallest absolute Gasteiger partial charge is 0.316 e. The highest BCUT2D eigenvalue weighted by molar-refractivity contribution is 14.1. The number of nitrogens with one attached hydrogen (secondary N) is 2. The van der Waals surface area contributed by atoms with Gasteiger partial charge in [0.05, 0.1) is 15.7 Å². The van der Waals surface area contributed by atoms with Crippen LogP contribution in [0.1, 0.15) is 33.5 Å². The van der Waals surface area contributed by atoms with Gasteiger partial charge in [0.25, 0.3) is 0 Å². The second-order valence-corrected chi connectivity index (χ2v) is 7.65. The van der Waals surface area contributed by atoms with Crippen molar-refractivity contribution in [1.82, 2.24) is 30.6 Å². The van der Waals surface area contributed by atoms with Crippen molar-refractivity contribution >= 4 is 34.4 Å². The molecule has 3 rings (SSSR count). The van der Waals surface area contributed by atoms with Gasteiger partial charge in [0.2, 0.25) is 5.91 Å². The highest BCUT2D eigenvalue weighted by Gasteiger charge is 2.17. The Bertz CT molecular complexity index is 1050. The van der Waals surface area contributed by atoms with Crippen molar-refractivity contribution in [3.05, 3.63) is 62.3 Å². The summed E-state index contributed by atoms with van der Waals surface area (Å²) in [6.07, 6.45) is 0.131. The normalized spacial score (nSPS) is 10.8. The minimum atomic E-state index is -0.524. The van der Waals surface area contributed by atoms with Gasteiger partial charge >= 0.3 is 11.8 Å². The zero-order chi connectivity index (χ0) is 21.7. The molecule has 0 aliphatic heterocycles. The Morgan fingerprint density at radius 2 is 1.87 bits per heavy atom. The fourth-order valence-electron chi connectivity index (χ4n) is 2.68. The first-order chi connectivity index (χ1) is 14.3. The number of carbonyl (C=O) groups is 2. The lowest BCUT2D eigenvalue weighted by Crippen LogP contribution is -2.35. The number of nitrogens with zero attached hydrogens (tertiary/aromatic N) is 4. The molecule has 0 aliphatic carbocycles. The van der Waals surface area contributed by atoms with E-state index in [2.05, 4.69) is 48.5 Å². The summed E-state index contributed by atoms with van der Waals surface area (Å²) in [5.41, 5.74) is 2.60. The summed E-state index contributed by atoms with van der Waals surface area (Å²) in [7, 11) is 0. The molecule has 3 aromatic rings. The largest absolute Gasteiger partial charge is 0.354 e. The third kappa shape index (κ3) is 5.62. The average Bonchev–Trinajstić information content (AvgIpc) is 3.28. The Labute approximate surface area is 185 Å². The summed E-state index contributed by atoms with van der Waals surface area (Å²) in [5.74, 6) is -0.913. The maximum absolute atomic E-state index is 12.9. The van der Waals surface area contributed by atoms with Gasteiger partial charge in [0.15, 0.2) is 5.82 Å². The molecule has 2 amide bonds. The van der Waals surface area contributed by atoms with Gasteiger partial charge in [-0.3, -0.25) is 14.3 Å². The summed E-state index contributed by atoms with van der Waals surface area (Å²) >= 11 is 2.22. The van der Waals surface area contributed by atoms with Crippen LogP contribution < -0.4 is 10.6 Å². The molecule has 9 nitrogen and oxygen atoms in total. The van der Waals surface area contributed by atoms with E-state index < -0.39 is 5.91 Å². The highest BCUT2D eigenvalue weighted by atomic mass is 127. The van der Waals surface area contributed by atoms with Crippen LogP contribution in [0.3, 0.4) is 0 Å². The van der Waals surface area contributed by atoms with Crippen molar-refractivity contribution in [2.75, 3.05) is 13.1 Å². The van der Waals surface area contributed by atoms with Crippen LogP contribution in [0.25, 0.3) is 0 Å². The number of rotatable bonds is 8. The Kier molecular flexibility index (Phi) is 7.13. The maximum Gasteiger partial charge on any atom is 0.316 e. The SMILES string of the molecule is Cc1nn(Cc2noc(C(=O)NCCNC(=O)Cc3ccc(F)cc3)n2)c(C)c1I. The third-order valence-electron chi connectivity index (χ3n) is 4.26. The van der Waals surface area contributed by atoms with Crippen molar-refractivity contribution in [3.63, 3.8) is 0 Å². The van der Waals surface area contributed by atoms with E-state index in [1.165, 1.54) is 12.1 Å². The fourth-order valence-corrected chi connectivity index (χ4v) is 3.06. The summed E-state index contributed by atoms with van der Waals surface area (Å²) in [6.45, 7) is 4.59. The predicted octanol–water partition coefficient (Wildman–Crippen LogP) is 1.76. The van der Waals surface area contributed by atoms with Crippen molar-refractivity contribution in [3.8, 4) is 0 Å². The van der Waals surface area contributed by atoms with E-state index >= 15 is 0 Å². The van der Waals surface area contributed by atoms with Crippen molar-refractivity contribution < 1.29 is 18.5 Å². The quantitative estimate of drug-likeness (QED) is 0.342. The summed E-state index contributed by atoms with van der Waals surface area (Å²) in [4.78, 5) is 28.1. The standard InChI is InChI=1S/C19H20FIN6O3/c1-11-17(21)12(2)27(25-11)10-15-24-19(30-26-15)18(29)23-8-7-22-16(28)9-13-3-5-14(20)6-4-13/h3-6H,7-10H2,1-2H3,(H,22,28)(H,23,29). The van der Waals surface area contributed by atoms with Crippen LogP contribution in [-0.2, 0) is 17.8 Å². The molecule has 0 unspecified atom stereocenters. The minimum absolute atomic E-state index is 0.131. The van der Waals surface area contributed by atoms with Gasteiger partial charge in [0.1, 0.15) is 12.4 Å². The number of aryl methyl sites for hydroxylation is 1. The second-order valence-electron chi connectivity index (χ2n) is 6.57. The van der Waals surface area contributed by atoms with E-state index in [4.69, 9.17) is 4.52 Å². The van der Waals surface area contributed by atoms with Crippen LogP contribution in [0.2, 0.25) is 0 Å². The van der Waals surface area contributed by atoms with Crippen LogP contribution >= 0.6 is 22.6 Å². The van der Waals surface area contributed by atoms with E-state index in [0.29, 0.717) is 17.9 Å². The van der Waals surface area contributed by atoms with Gasteiger partial charge in [-0.15, -0.1) is 0 Å². The molecule has 0 saturated carbocycles. The molecule has 0 aliphatic rings. The summed E-state index contributed by atoms with van der Waals surface area (Å²) in [6, 6.07) is 5.71. The Hall–Kier alpha value is -2.83. The first kappa shape index (κ1) is 21.9. The number of hydrogen-bond donors (Lipinski definition) is 2. The zero-order valence-corrected chi connectivity index (χ0v) is 18.6. The van der Waals surface area contributed by atoms with Crippen molar-refractivity contribution in [2.24, 2.45) is 0 Å². The molecule has 158 valence electrons. The van der Waals surface area contributed by atoms with Crippen LogP contribution in [0.4, 0.5) is 4.39 Å². The lowest BCUT2D eigenvalue weighted by atomic mass is 10.1. The van der Waals surface area contributed by atoms with Gasteiger partial charge in [-0.2, -0.15) is 10.1 Å². The van der Waals surface area contributed by atoms with Gasteiger partial charge in [-0.25, -0.2) is 4.39 Å². The number of aromatic nitrogens is 4. The molecule has 1 aromatic carbocycles. The van der Waals surface area contributed by atoms with Gasteiger partial charge in [-0.1, -0.05) is 17.3 Å². The van der Waals surface area contributed by atoms with E-state index in [0.717, 1.165) is 15.0 Å². The molecule has 2 aromatic heterocycles. The Morgan fingerprint density at radius 3 is 2.53 bits per heavy atom. The molecule has 0 bridgehead atoms. The van der Waals surface area contributed by atoms with Gasteiger partial charge < -0.3 is 15.2 Å². The fraction of sp³-hybridized carbons (Fsp3) is 0.316. The van der Waals surface area contributed by atoms with Crippen LogP contribution in [0, 0.1) is 23.2 Å².